The maximum atomic E-state index is 13.5. The third-order valence-electron chi connectivity index (χ3n) is 5.68. The van der Waals surface area contributed by atoms with Crippen LogP contribution in [0.5, 0.6) is 0 Å². The Hall–Kier alpha value is -1.41. The lowest BCUT2D eigenvalue weighted by molar-refractivity contribution is -0.424. The van der Waals surface area contributed by atoms with Gasteiger partial charge in [-0.05, 0) is 11.5 Å². The molecule has 0 aliphatic carbocycles. The highest BCUT2D eigenvalue weighted by molar-refractivity contribution is 7.75. The average Bonchev–Trinajstić information content (AvgIpc) is 2.78. The van der Waals surface area contributed by atoms with Crippen LogP contribution in [0.3, 0.4) is 0 Å². The highest BCUT2D eigenvalue weighted by Crippen LogP contribution is 2.63. The predicted molar refractivity (Wildman–Crippen MR) is 120 cm³/mol. The van der Waals surface area contributed by atoms with Crippen LogP contribution < -0.4 is 0 Å². The fraction of sp³-hybridized carbons (Fsp3) is 0.739. The number of ether oxygens (including phenoxy) is 2. The molecule has 2 nitrogen and oxygen atoms in total. The van der Waals surface area contributed by atoms with Crippen LogP contribution in [-0.4, -0.2) is 68.1 Å². The van der Waals surface area contributed by atoms with Crippen molar-refractivity contribution in [3.05, 3.63) is 35.9 Å². The molecule has 0 saturated carbocycles. The lowest BCUT2D eigenvalue weighted by atomic mass is 10.2. The average molecular weight is 633 g/mol. The first kappa shape index (κ1) is 36.6. The largest absolute Gasteiger partial charge is 0.462 e. The smallest absolute Gasteiger partial charge is 0.315 e. The summed E-state index contributed by atoms with van der Waals surface area (Å²) in [5.41, 5.74) is 0.668. The minimum atomic E-state index is -6.59. The lowest BCUT2D eigenvalue weighted by Gasteiger charge is -2.31. The van der Waals surface area contributed by atoms with Crippen molar-refractivity contribution in [2.24, 2.45) is 5.92 Å². The van der Waals surface area contributed by atoms with Gasteiger partial charge in [0.15, 0.2) is 0 Å². The van der Waals surface area contributed by atoms with Crippen molar-refractivity contribution >= 4 is 7.26 Å². The second-order valence-corrected chi connectivity index (χ2v) is 13.8. The van der Waals surface area contributed by atoms with Gasteiger partial charge < -0.3 is 9.47 Å². The molecule has 17 heteroatoms. The van der Waals surface area contributed by atoms with Gasteiger partial charge in [0.2, 0.25) is 0 Å². The Morgan fingerprint density at radius 2 is 1.00 bits per heavy atom. The predicted octanol–water partition coefficient (Wildman–Crippen LogP) is 9.25. The number of alkyl halides is 14. The van der Waals surface area contributed by atoms with Crippen LogP contribution in [-0.2, 0) is 15.6 Å². The van der Waals surface area contributed by atoms with Gasteiger partial charge in [0, 0.05) is 20.1 Å². The molecule has 0 radical (unpaired) electrons. The molecular weight excluding hydrogens is 605 g/mol. The van der Waals surface area contributed by atoms with Gasteiger partial charge in [-0.3, -0.25) is 0 Å². The summed E-state index contributed by atoms with van der Waals surface area (Å²) in [5, 5.41) is 0. The number of rotatable bonds is 16. The van der Waals surface area contributed by atoms with E-state index in [-0.39, 0.29) is 24.4 Å². The van der Waals surface area contributed by atoms with Crippen LogP contribution in [0.4, 0.5) is 61.5 Å². The Morgan fingerprint density at radius 3 is 1.32 bits per heavy atom. The Kier molecular flexibility index (Phi) is 12.1. The molecule has 0 fully saturated rings. The molecule has 1 aromatic carbocycles. The van der Waals surface area contributed by atoms with Crippen molar-refractivity contribution in [3.8, 4) is 0 Å². The summed E-state index contributed by atoms with van der Waals surface area (Å²) in [4.78, 5) is 0. The molecule has 40 heavy (non-hydrogen) atoms. The van der Waals surface area contributed by atoms with Crippen LogP contribution in [0.2, 0.25) is 0 Å². The van der Waals surface area contributed by atoms with E-state index in [1.54, 1.807) is 44.2 Å². The zero-order valence-electron chi connectivity index (χ0n) is 21.2. The normalized spacial score (nSPS) is 14.7. The molecule has 0 N–H and O–H groups in total. The van der Waals surface area contributed by atoms with E-state index in [1.165, 1.54) is 0 Å². The topological polar surface area (TPSA) is 18.5 Å². The van der Waals surface area contributed by atoms with Crippen molar-refractivity contribution in [1.29, 1.82) is 0 Å². The van der Waals surface area contributed by atoms with Gasteiger partial charge in [-0.15, -0.1) is 0 Å². The highest BCUT2D eigenvalue weighted by Gasteiger charge is 2.75. The zero-order valence-corrected chi connectivity index (χ0v) is 22.1. The quantitative estimate of drug-likeness (QED) is 0.103. The molecule has 0 bridgehead atoms. The zero-order chi connectivity index (χ0) is 31.3. The van der Waals surface area contributed by atoms with Crippen LogP contribution in [0.1, 0.15) is 32.3 Å². The first-order chi connectivity index (χ1) is 17.9. The van der Waals surface area contributed by atoms with Gasteiger partial charge in [-0.25, -0.2) is 0 Å². The third-order valence-corrected chi connectivity index (χ3v) is 10.7. The van der Waals surface area contributed by atoms with Gasteiger partial charge in [0.05, 0.1) is 37.9 Å². The summed E-state index contributed by atoms with van der Waals surface area (Å²) in [6, 6.07) is 8.21. The molecule has 0 unspecified atom stereocenters. The van der Waals surface area contributed by atoms with E-state index in [9.17, 15) is 61.5 Å². The van der Waals surface area contributed by atoms with Gasteiger partial charge >= 0.3 is 36.4 Å². The summed E-state index contributed by atoms with van der Waals surface area (Å²) in [7, 11) is -2.55. The molecule has 1 rings (SSSR count). The first-order valence-corrected chi connectivity index (χ1v) is 14.3. The number of hydrogen-bond donors (Lipinski definition) is 0. The van der Waals surface area contributed by atoms with Crippen molar-refractivity contribution in [3.63, 3.8) is 0 Å². The number of halogens is 14. The molecule has 0 aliphatic heterocycles. The minimum absolute atomic E-state index is 0.0805. The maximum Gasteiger partial charge on any atom is 0.462 e. The van der Waals surface area contributed by atoms with Gasteiger partial charge in [-0.2, -0.15) is 61.5 Å². The van der Waals surface area contributed by atoms with E-state index in [0.29, 0.717) is 11.7 Å². The molecule has 0 heterocycles. The Morgan fingerprint density at radius 1 is 0.625 bits per heavy atom. The number of benzene rings is 1. The standard InChI is InChI=1S/C23H28F14O2P/c1-16(2)14-40(15-17-8-4-3-5-9-17,12-6-10-38-22(34,35)18(24,25)20(28,29)30)13-7-11-39-23(36,37)19(26,27)21(31,32)33/h3-5,8-9,16H,6-7,10-15H2,1-2H3/q+1. The Bertz CT molecular complexity index is 855. The summed E-state index contributed by atoms with van der Waals surface area (Å²) in [6.45, 7) is 0.977. The second kappa shape index (κ2) is 13.3. The van der Waals surface area contributed by atoms with E-state index in [0.717, 1.165) is 0 Å². The third kappa shape index (κ3) is 9.30. The molecule has 0 atom stereocenters. The van der Waals surface area contributed by atoms with Crippen LogP contribution in [0, 0.1) is 5.92 Å². The van der Waals surface area contributed by atoms with Crippen molar-refractivity contribution in [1.82, 2.24) is 0 Å². The lowest BCUT2D eigenvalue weighted by Crippen LogP contribution is -2.53. The number of hydrogen-bond acceptors (Lipinski definition) is 2. The highest BCUT2D eigenvalue weighted by atomic mass is 31.2. The summed E-state index contributed by atoms with van der Waals surface area (Å²) < 4.78 is 188. The van der Waals surface area contributed by atoms with Crippen molar-refractivity contribution in [2.75, 3.05) is 31.7 Å². The fourth-order valence-electron chi connectivity index (χ4n) is 3.97. The van der Waals surface area contributed by atoms with E-state index < -0.39 is 69.7 Å². The molecular formula is C23H28F14O2P+. The van der Waals surface area contributed by atoms with E-state index >= 15 is 0 Å². The molecule has 1 aromatic rings. The molecule has 0 spiro atoms. The molecule has 0 saturated heterocycles. The van der Waals surface area contributed by atoms with Gasteiger partial charge in [-0.1, -0.05) is 44.2 Å². The van der Waals surface area contributed by atoms with Crippen LogP contribution in [0.15, 0.2) is 30.3 Å². The van der Waals surface area contributed by atoms with Gasteiger partial charge in [0.1, 0.15) is 0 Å². The summed E-state index contributed by atoms with van der Waals surface area (Å²) in [5.74, 6) is -13.1. The molecule has 0 aliphatic rings. The first-order valence-electron chi connectivity index (χ1n) is 11.7. The van der Waals surface area contributed by atoms with Crippen LogP contribution in [0.25, 0.3) is 0 Å². The Balaban J connectivity index is 3.06. The van der Waals surface area contributed by atoms with E-state index in [1.807, 2.05) is 0 Å². The fourth-order valence-corrected chi connectivity index (χ4v) is 9.14. The van der Waals surface area contributed by atoms with Gasteiger partial charge in [0.25, 0.3) is 0 Å². The molecule has 234 valence electrons. The maximum absolute atomic E-state index is 13.5. The van der Waals surface area contributed by atoms with E-state index in [2.05, 4.69) is 9.47 Å². The minimum Gasteiger partial charge on any atom is -0.315 e. The molecule has 0 aromatic heterocycles. The molecule has 0 amide bonds. The van der Waals surface area contributed by atoms with Crippen molar-refractivity contribution < 1.29 is 70.9 Å². The Labute approximate surface area is 221 Å². The summed E-state index contributed by atoms with van der Waals surface area (Å²) >= 11 is 0. The van der Waals surface area contributed by atoms with Crippen molar-refractivity contribution in [2.45, 2.75) is 69.3 Å². The second-order valence-electron chi connectivity index (χ2n) is 9.59. The van der Waals surface area contributed by atoms with E-state index in [4.69, 9.17) is 0 Å². The summed E-state index contributed by atoms with van der Waals surface area (Å²) in [6.07, 6.45) is -25.5. The SMILES string of the molecule is CC(C)C[P+](CCCOC(F)(F)C(F)(F)C(F)(F)F)(CCCOC(F)(F)C(F)(F)C(F)(F)F)Cc1ccccc1. The van der Waals surface area contributed by atoms with Crippen LogP contribution >= 0.6 is 7.26 Å². The monoisotopic (exact) mass is 633 g/mol.